The summed E-state index contributed by atoms with van der Waals surface area (Å²) >= 11 is 0. The molecule has 1 heterocycles. The highest BCUT2D eigenvalue weighted by atomic mass is 15.1. The molecule has 10 aromatic carbocycles. The van der Waals surface area contributed by atoms with E-state index in [9.17, 15) is 0 Å². The standard InChI is InChI=1S/C62H48N2/c1-3-17-44(18-4-1)54-31-15-21-46-22-16-32-57(62(46)54)55-28-9-11-33-59(55)63(50-38-35-45(36-39-50)53-30-14-20-43-19-7-8-27-52(43)53)51-26-13-23-47(41-51)48-37-40-61-58(42-48)56-29-10-12-34-60(56)64(61)49-24-5-2-6-25-49/h2,5-16,19-42,44H,1,3-4,17-18H2. The Labute approximate surface area is 375 Å². The predicted molar refractivity (Wildman–Crippen MR) is 273 cm³/mol. The number of rotatable bonds is 8. The van der Waals surface area contributed by atoms with E-state index < -0.39 is 0 Å². The smallest absolute Gasteiger partial charge is 0.0541 e. The number of aromatic nitrogens is 1. The largest absolute Gasteiger partial charge is 0.310 e. The zero-order valence-electron chi connectivity index (χ0n) is 35.9. The summed E-state index contributed by atoms with van der Waals surface area (Å²) in [4.78, 5) is 2.48. The van der Waals surface area contributed by atoms with Crippen LogP contribution < -0.4 is 4.90 Å². The maximum absolute atomic E-state index is 2.48. The molecule has 1 fully saturated rings. The lowest BCUT2D eigenvalue weighted by atomic mass is 9.80. The molecule has 0 N–H and O–H groups in total. The average Bonchev–Trinajstić information content (AvgIpc) is 3.71. The number of nitrogens with zero attached hydrogens (tertiary/aromatic N) is 2. The van der Waals surface area contributed by atoms with Crippen LogP contribution in [0, 0.1) is 0 Å². The Bertz CT molecular complexity index is 3470. The van der Waals surface area contributed by atoms with E-state index in [-0.39, 0.29) is 0 Å². The molecule has 0 unspecified atom stereocenters. The van der Waals surface area contributed by atoms with Gasteiger partial charge in [-0.3, -0.25) is 0 Å². The minimum Gasteiger partial charge on any atom is -0.310 e. The third kappa shape index (κ3) is 6.66. The van der Waals surface area contributed by atoms with Crippen molar-refractivity contribution in [3.05, 3.63) is 230 Å². The Hall–Kier alpha value is -7.68. The molecule has 64 heavy (non-hydrogen) atoms. The van der Waals surface area contributed by atoms with Gasteiger partial charge in [-0.1, -0.05) is 183 Å². The Balaban J connectivity index is 1.03. The first-order valence-electron chi connectivity index (χ1n) is 23.0. The Kier molecular flexibility index (Phi) is 9.64. The second kappa shape index (κ2) is 16.2. The number of benzene rings is 10. The van der Waals surface area contributed by atoms with E-state index in [1.165, 1.54) is 120 Å². The molecule has 1 aliphatic rings. The summed E-state index contributed by atoms with van der Waals surface area (Å²) in [6.45, 7) is 0. The molecule has 306 valence electrons. The first-order chi connectivity index (χ1) is 31.8. The van der Waals surface area contributed by atoms with Crippen LogP contribution in [-0.4, -0.2) is 4.57 Å². The van der Waals surface area contributed by atoms with Crippen LogP contribution in [0.1, 0.15) is 43.6 Å². The molecule has 2 nitrogen and oxygen atoms in total. The van der Waals surface area contributed by atoms with Gasteiger partial charge in [0.05, 0.1) is 16.7 Å². The summed E-state index contributed by atoms with van der Waals surface area (Å²) in [7, 11) is 0. The molecule has 11 aromatic rings. The highest BCUT2D eigenvalue weighted by molar-refractivity contribution is 6.11. The quantitative estimate of drug-likeness (QED) is 0.148. The van der Waals surface area contributed by atoms with Crippen LogP contribution in [0.15, 0.2) is 224 Å². The lowest BCUT2D eigenvalue weighted by Crippen LogP contribution is -2.11. The van der Waals surface area contributed by atoms with E-state index in [1.54, 1.807) is 0 Å². The van der Waals surface area contributed by atoms with Crippen LogP contribution in [0.25, 0.3) is 82.4 Å². The van der Waals surface area contributed by atoms with Crippen molar-refractivity contribution in [1.82, 2.24) is 4.57 Å². The fourth-order valence-corrected chi connectivity index (χ4v) is 10.8. The van der Waals surface area contributed by atoms with Crippen molar-refractivity contribution >= 4 is 60.4 Å². The Morgan fingerprint density at radius 2 is 1.00 bits per heavy atom. The number of anilines is 3. The van der Waals surface area contributed by atoms with Crippen molar-refractivity contribution in [3.8, 4) is 39.1 Å². The molecular formula is C62H48N2. The number of hydrogen-bond acceptors (Lipinski definition) is 1. The zero-order valence-corrected chi connectivity index (χ0v) is 35.9. The lowest BCUT2D eigenvalue weighted by Gasteiger charge is -2.29. The zero-order chi connectivity index (χ0) is 42.4. The van der Waals surface area contributed by atoms with E-state index in [2.05, 4.69) is 234 Å². The van der Waals surface area contributed by atoms with Crippen LogP contribution in [-0.2, 0) is 0 Å². The molecule has 0 aliphatic heterocycles. The van der Waals surface area contributed by atoms with Crippen LogP contribution in [0.3, 0.4) is 0 Å². The van der Waals surface area contributed by atoms with Crippen LogP contribution in [0.5, 0.6) is 0 Å². The van der Waals surface area contributed by atoms with Crippen molar-refractivity contribution in [2.24, 2.45) is 0 Å². The summed E-state index contributed by atoms with van der Waals surface area (Å²) in [5.41, 5.74) is 15.8. The molecule has 0 saturated heterocycles. The minimum absolute atomic E-state index is 0.583. The van der Waals surface area contributed by atoms with Gasteiger partial charge in [0, 0.05) is 33.4 Å². The van der Waals surface area contributed by atoms with Crippen molar-refractivity contribution in [3.63, 3.8) is 0 Å². The second-order valence-electron chi connectivity index (χ2n) is 17.5. The van der Waals surface area contributed by atoms with Crippen molar-refractivity contribution in [2.45, 2.75) is 38.0 Å². The van der Waals surface area contributed by atoms with E-state index >= 15 is 0 Å². The van der Waals surface area contributed by atoms with E-state index in [4.69, 9.17) is 0 Å². The number of hydrogen-bond donors (Lipinski definition) is 0. The molecule has 12 rings (SSSR count). The van der Waals surface area contributed by atoms with E-state index in [0.717, 1.165) is 17.1 Å². The van der Waals surface area contributed by atoms with Crippen LogP contribution in [0.2, 0.25) is 0 Å². The lowest BCUT2D eigenvalue weighted by molar-refractivity contribution is 0.445. The first-order valence-corrected chi connectivity index (χ1v) is 23.0. The van der Waals surface area contributed by atoms with Crippen molar-refractivity contribution in [1.29, 1.82) is 0 Å². The van der Waals surface area contributed by atoms with Gasteiger partial charge >= 0.3 is 0 Å². The normalized spacial score (nSPS) is 13.2. The highest BCUT2D eigenvalue weighted by Crippen LogP contribution is 2.47. The fraction of sp³-hybridized carbons (Fsp3) is 0.0968. The molecule has 0 bridgehead atoms. The Morgan fingerprint density at radius 3 is 1.86 bits per heavy atom. The van der Waals surface area contributed by atoms with Gasteiger partial charge in [-0.15, -0.1) is 0 Å². The van der Waals surface area contributed by atoms with Crippen molar-refractivity contribution in [2.75, 3.05) is 4.90 Å². The van der Waals surface area contributed by atoms with Crippen LogP contribution >= 0.6 is 0 Å². The summed E-state index contributed by atoms with van der Waals surface area (Å²) in [6, 6.07) is 83.0. The minimum atomic E-state index is 0.583. The maximum Gasteiger partial charge on any atom is 0.0541 e. The molecule has 0 spiro atoms. The third-order valence-electron chi connectivity index (χ3n) is 13.8. The third-order valence-corrected chi connectivity index (χ3v) is 13.8. The van der Waals surface area contributed by atoms with Gasteiger partial charge in [-0.25, -0.2) is 0 Å². The average molecular weight is 821 g/mol. The first kappa shape index (κ1) is 38.0. The number of fused-ring (bicyclic) bond motifs is 5. The summed E-state index contributed by atoms with van der Waals surface area (Å²) in [6.07, 6.45) is 6.47. The second-order valence-corrected chi connectivity index (χ2v) is 17.5. The molecule has 1 saturated carbocycles. The topological polar surface area (TPSA) is 8.17 Å². The summed E-state index contributed by atoms with van der Waals surface area (Å²) < 4.78 is 2.39. The molecular weight excluding hydrogens is 773 g/mol. The molecule has 0 radical (unpaired) electrons. The predicted octanol–water partition coefficient (Wildman–Crippen LogP) is 17.6. The molecule has 1 aliphatic carbocycles. The van der Waals surface area contributed by atoms with Gasteiger partial charge in [-0.2, -0.15) is 0 Å². The van der Waals surface area contributed by atoms with Gasteiger partial charge < -0.3 is 9.47 Å². The SMILES string of the molecule is c1ccc(-n2c3ccccc3c3cc(-c4cccc(N(c5ccc(-c6cccc7ccccc67)cc5)c5ccccc5-c5cccc6cccc(C7CCCCC7)c56)c4)ccc32)cc1. The van der Waals surface area contributed by atoms with Crippen molar-refractivity contribution < 1.29 is 0 Å². The summed E-state index contributed by atoms with van der Waals surface area (Å²) in [5.74, 6) is 0.583. The van der Waals surface area contributed by atoms with E-state index in [1.807, 2.05) is 0 Å². The van der Waals surface area contributed by atoms with Crippen LogP contribution in [0.4, 0.5) is 17.1 Å². The molecule has 0 amide bonds. The van der Waals surface area contributed by atoms with Gasteiger partial charge in [-0.05, 0) is 134 Å². The van der Waals surface area contributed by atoms with Gasteiger partial charge in [0.25, 0.3) is 0 Å². The maximum atomic E-state index is 2.48. The Morgan fingerprint density at radius 1 is 0.375 bits per heavy atom. The summed E-state index contributed by atoms with van der Waals surface area (Å²) in [5, 5.41) is 7.73. The van der Waals surface area contributed by atoms with E-state index in [0.29, 0.717) is 5.92 Å². The molecule has 0 atom stereocenters. The number of para-hydroxylation sites is 3. The molecule has 2 heteroatoms. The highest BCUT2D eigenvalue weighted by Gasteiger charge is 2.23. The fourth-order valence-electron chi connectivity index (χ4n) is 10.8. The van der Waals surface area contributed by atoms with Gasteiger partial charge in [0.15, 0.2) is 0 Å². The monoisotopic (exact) mass is 820 g/mol. The molecule has 1 aromatic heterocycles. The van der Waals surface area contributed by atoms with Gasteiger partial charge in [0.1, 0.15) is 0 Å². The van der Waals surface area contributed by atoms with Gasteiger partial charge in [0.2, 0.25) is 0 Å².